The first-order valence-corrected chi connectivity index (χ1v) is 9.20. The molecule has 0 radical (unpaired) electrons. The first-order chi connectivity index (χ1) is 13.0. The second kappa shape index (κ2) is 8.08. The van der Waals surface area contributed by atoms with E-state index in [2.05, 4.69) is 5.32 Å². The number of fused-ring (bicyclic) bond motifs is 1. The summed E-state index contributed by atoms with van der Waals surface area (Å²) in [6.45, 7) is 3.77. The molecule has 0 spiro atoms. The van der Waals surface area contributed by atoms with Gasteiger partial charge in [0.2, 0.25) is 11.8 Å². The highest BCUT2D eigenvalue weighted by Crippen LogP contribution is 2.35. The van der Waals surface area contributed by atoms with E-state index in [-0.39, 0.29) is 30.2 Å². The number of rotatable bonds is 5. The molecule has 0 fully saturated rings. The second-order valence-electron chi connectivity index (χ2n) is 7.75. The van der Waals surface area contributed by atoms with Crippen molar-refractivity contribution in [2.24, 2.45) is 0 Å². The van der Waals surface area contributed by atoms with Crippen molar-refractivity contribution in [3.05, 3.63) is 23.8 Å². The van der Waals surface area contributed by atoms with E-state index in [1.54, 1.807) is 60.2 Å². The van der Waals surface area contributed by atoms with E-state index < -0.39 is 5.54 Å². The van der Waals surface area contributed by atoms with Gasteiger partial charge in [-0.05, 0) is 32.0 Å². The molecule has 154 valence electrons. The van der Waals surface area contributed by atoms with Crippen molar-refractivity contribution in [2.75, 3.05) is 46.7 Å². The van der Waals surface area contributed by atoms with Crippen LogP contribution in [-0.4, -0.2) is 80.9 Å². The van der Waals surface area contributed by atoms with E-state index in [0.717, 1.165) is 5.69 Å². The van der Waals surface area contributed by atoms with Gasteiger partial charge >= 0.3 is 0 Å². The Morgan fingerprint density at radius 3 is 2.46 bits per heavy atom. The molecular formula is C20H30N4O4. The van der Waals surface area contributed by atoms with Gasteiger partial charge in [-0.25, -0.2) is 0 Å². The summed E-state index contributed by atoms with van der Waals surface area (Å²) in [7, 11) is 8.46. The van der Waals surface area contributed by atoms with E-state index in [1.807, 2.05) is 11.9 Å². The minimum absolute atomic E-state index is 0.0959. The lowest BCUT2D eigenvalue weighted by Gasteiger charge is -2.39. The number of ether oxygens (including phenoxy) is 1. The number of nitrogens with one attached hydrogen (secondary N) is 1. The summed E-state index contributed by atoms with van der Waals surface area (Å²) >= 11 is 0. The van der Waals surface area contributed by atoms with Crippen LogP contribution < -0.4 is 15.0 Å². The molecule has 0 saturated carbocycles. The maximum atomic E-state index is 12.8. The van der Waals surface area contributed by atoms with Gasteiger partial charge in [-0.15, -0.1) is 0 Å². The normalized spacial score (nSPS) is 16.0. The Hall–Kier alpha value is -2.77. The summed E-state index contributed by atoms with van der Waals surface area (Å²) in [5.41, 5.74) is 0.373. The van der Waals surface area contributed by atoms with Crippen LogP contribution in [0.25, 0.3) is 0 Å². The van der Waals surface area contributed by atoms with Crippen LogP contribution in [0.1, 0.15) is 30.6 Å². The lowest BCUT2D eigenvalue weighted by molar-refractivity contribution is -0.144. The number of likely N-dealkylation sites (N-methyl/N-ethyl adjacent to an activating group) is 3. The summed E-state index contributed by atoms with van der Waals surface area (Å²) in [5, 5.41) is 2.59. The second-order valence-corrected chi connectivity index (χ2v) is 7.75. The molecule has 1 N–H and O–H groups in total. The summed E-state index contributed by atoms with van der Waals surface area (Å²) in [6.07, 6.45) is 0.193. The fourth-order valence-corrected chi connectivity index (χ4v) is 3.11. The number of nitrogens with zero attached hydrogens (tertiary/aromatic N) is 3. The quantitative estimate of drug-likeness (QED) is 0.810. The van der Waals surface area contributed by atoms with Crippen LogP contribution in [0.2, 0.25) is 0 Å². The molecule has 0 unspecified atom stereocenters. The average molecular weight is 390 g/mol. The first kappa shape index (κ1) is 21.5. The zero-order chi connectivity index (χ0) is 21.2. The van der Waals surface area contributed by atoms with Gasteiger partial charge in [-0.2, -0.15) is 0 Å². The lowest BCUT2D eigenvalue weighted by Crippen LogP contribution is -2.56. The highest BCUT2D eigenvalue weighted by Gasteiger charge is 2.36. The predicted molar refractivity (Wildman–Crippen MR) is 108 cm³/mol. The highest BCUT2D eigenvalue weighted by atomic mass is 16.5. The van der Waals surface area contributed by atoms with Crippen molar-refractivity contribution in [2.45, 2.75) is 31.8 Å². The Labute approximate surface area is 166 Å². The van der Waals surface area contributed by atoms with Gasteiger partial charge in [-0.3, -0.25) is 14.4 Å². The maximum Gasteiger partial charge on any atom is 0.253 e. The molecule has 8 heteroatoms. The molecule has 3 amide bonds. The molecule has 28 heavy (non-hydrogen) atoms. The maximum absolute atomic E-state index is 12.8. The average Bonchev–Trinajstić information content (AvgIpc) is 2.67. The molecule has 1 heterocycles. The van der Waals surface area contributed by atoms with E-state index >= 15 is 0 Å². The van der Waals surface area contributed by atoms with Gasteiger partial charge in [0, 0.05) is 40.8 Å². The molecule has 0 saturated heterocycles. The SMILES string of the molecule is CNC(=O)C(C)(C)N(C)C(=O)C[C@H]1COc2ccc(C(=O)N(C)C)cc2N1C. The minimum atomic E-state index is -0.955. The molecule has 0 aliphatic carbocycles. The van der Waals surface area contributed by atoms with E-state index in [0.29, 0.717) is 17.9 Å². The number of amides is 3. The molecule has 2 rings (SSSR count). The van der Waals surface area contributed by atoms with E-state index in [1.165, 1.54) is 9.80 Å². The van der Waals surface area contributed by atoms with Crippen molar-refractivity contribution >= 4 is 23.4 Å². The monoisotopic (exact) mass is 390 g/mol. The van der Waals surface area contributed by atoms with Gasteiger partial charge in [0.25, 0.3) is 5.91 Å². The number of hydrogen-bond acceptors (Lipinski definition) is 5. The summed E-state index contributed by atoms with van der Waals surface area (Å²) in [4.78, 5) is 42.1. The number of benzene rings is 1. The van der Waals surface area contributed by atoms with Crippen LogP contribution in [0.4, 0.5) is 5.69 Å². The van der Waals surface area contributed by atoms with Crippen LogP contribution in [-0.2, 0) is 9.59 Å². The summed E-state index contributed by atoms with van der Waals surface area (Å²) in [5.74, 6) is 0.203. The number of anilines is 1. The molecule has 1 aromatic rings. The van der Waals surface area contributed by atoms with Gasteiger partial charge in [0.15, 0.2) is 0 Å². The fourth-order valence-electron chi connectivity index (χ4n) is 3.11. The van der Waals surface area contributed by atoms with Crippen LogP contribution >= 0.6 is 0 Å². The summed E-state index contributed by atoms with van der Waals surface area (Å²) in [6, 6.07) is 5.10. The zero-order valence-electron chi connectivity index (χ0n) is 17.7. The molecule has 1 aromatic carbocycles. The van der Waals surface area contributed by atoms with Gasteiger partial charge in [-0.1, -0.05) is 0 Å². The number of hydrogen-bond donors (Lipinski definition) is 1. The van der Waals surface area contributed by atoms with Crippen LogP contribution in [0.15, 0.2) is 18.2 Å². The first-order valence-electron chi connectivity index (χ1n) is 9.20. The van der Waals surface area contributed by atoms with Crippen molar-refractivity contribution in [3.8, 4) is 5.75 Å². The number of carbonyl (C=O) groups excluding carboxylic acids is 3. The predicted octanol–water partition coefficient (Wildman–Crippen LogP) is 0.959. The Morgan fingerprint density at radius 2 is 1.89 bits per heavy atom. The fraction of sp³-hybridized carbons (Fsp3) is 0.550. The van der Waals surface area contributed by atoms with Crippen LogP contribution in [0, 0.1) is 0 Å². The Kier molecular flexibility index (Phi) is 6.21. The third-order valence-electron chi connectivity index (χ3n) is 5.38. The molecule has 0 aromatic heterocycles. The zero-order valence-corrected chi connectivity index (χ0v) is 17.7. The molecule has 1 atom stereocenters. The van der Waals surface area contributed by atoms with Crippen LogP contribution in [0.3, 0.4) is 0 Å². The smallest absolute Gasteiger partial charge is 0.253 e. The summed E-state index contributed by atoms with van der Waals surface area (Å²) < 4.78 is 5.82. The van der Waals surface area contributed by atoms with Gasteiger partial charge in [0.1, 0.15) is 17.9 Å². The highest BCUT2D eigenvalue weighted by molar-refractivity contribution is 5.95. The van der Waals surface area contributed by atoms with Crippen molar-refractivity contribution in [3.63, 3.8) is 0 Å². The van der Waals surface area contributed by atoms with Crippen molar-refractivity contribution < 1.29 is 19.1 Å². The molecule has 8 nitrogen and oxygen atoms in total. The molecule has 1 aliphatic heterocycles. The Balaban J connectivity index is 2.18. The van der Waals surface area contributed by atoms with Crippen molar-refractivity contribution in [1.29, 1.82) is 0 Å². The third kappa shape index (κ3) is 4.05. The Bertz CT molecular complexity index is 775. The molecule has 1 aliphatic rings. The topological polar surface area (TPSA) is 82.2 Å². The van der Waals surface area contributed by atoms with Gasteiger partial charge < -0.3 is 24.8 Å². The van der Waals surface area contributed by atoms with Crippen molar-refractivity contribution in [1.82, 2.24) is 15.1 Å². The minimum Gasteiger partial charge on any atom is -0.489 e. The van der Waals surface area contributed by atoms with Crippen LogP contribution in [0.5, 0.6) is 5.75 Å². The lowest BCUT2D eigenvalue weighted by atomic mass is 10.0. The largest absolute Gasteiger partial charge is 0.489 e. The number of carbonyl (C=O) groups is 3. The third-order valence-corrected chi connectivity index (χ3v) is 5.38. The molecule has 0 bridgehead atoms. The Morgan fingerprint density at radius 1 is 1.25 bits per heavy atom. The molecular weight excluding hydrogens is 360 g/mol. The standard InChI is InChI=1S/C20H30N4O4/c1-20(2,19(27)21-3)24(7)17(25)11-14-12-28-16-9-8-13(18(26)22(4)5)10-15(16)23(14)6/h8-10,14H,11-12H2,1-7H3,(H,21,27)/t14-/m0/s1. The van der Waals surface area contributed by atoms with Gasteiger partial charge in [0.05, 0.1) is 18.2 Å². The van der Waals surface area contributed by atoms with E-state index in [9.17, 15) is 14.4 Å². The van der Waals surface area contributed by atoms with E-state index in [4.69, 9.17) is 4.74 Å².